The predicted molar refractivity (Wildman–Crippen MR) is 195 cm³/mol. The highest BCUT2D eigenvalue weighted by Crippen LogP contribution is 2.38. The molecule has 2 aromatic heterocycles. The van der Waals surface area contributed by atoms with Crippen LogP contribution in [0.4, 0.5) is 0 Å². The van der Waals surface area contributed by atoms with Crippen LogP contribution in [0.3, 0.4) is 0 Å². The first-order chi connectivity index (χ1) is 23.4. The summed E-state index contributed by atoms with van der Waals surface area (Å²) in [6, 6.07) is 0. The van der Waals surface area contributed by atoms with Crippen LogP contribution < -0.4 is 0 Å². The number of ether oxygens (including phenoxy) is 1. The molecule has 0 saturated heterocycles. The lowest BCUT2D eigenvalue weighted by atomic mass is 9.89. The van der Waals surface area contributed by atoms with Crippen LogP contribution in [0.1, 0.15) is 124 Å². The van der Waals surface area contributed by atoms with Gasteiger partial charge in [-0.1, -0.05) is 39.2 Å². The van der Waals surface area contributed by atoms with Crippen LogP contribution in [-0.4, -0.2) is 50.1 Å². The summed E-state index contributed by atoms with van der Waals surface area (Å²) in [5.41, 5.74) is 14.8. The smallest absolute Gasteiger partial charge is 0.303 e. The minimum atomic E-state index is -0.838. The highest BCUT2D eigenvalue weighted by Gasteiger charge is 2.32. The number of carboxylic acids is 2. The van der Waals surface area contributed by atoms with Gasteiger partial charge in [-0.25, -0.2) is 0 Å². The lowest BCUT2D eigenvalue weighted by molar-refractivity contribution is -0.138. The molecule has 0 aliphatic carbocycles. The maximum Gasteiger partial charge on any atom is 0.303 e. The summed E-state index contributed by atoms with van der Waals surface area (Å²) in [6.07, 6.45) is 9.74. The fraction of sp³-hybridized carbons (Fsp3) is 0.550. The molecule has 49 heavy (non-hydrogen) atoms. The number of nitrogens with one attached hydrogen (secondary N) is 2. The highest BCUT2D eigenvalue weighted by atomic mass is 16.5. The van der Waals surface area contributed by atoms with Crippen LogP contribution in [0.15, 0.2) is 45.2 Å². The van der Waals surface area contributed by atoms with Gasteiger partial charge in [-0.2, -0.15) is 0 Å². The summed E-state index contributed by atoms with van der Waals surface area (Å²) >= 11 is 0. The molecule has 3 aliphatic rings. The third-order valence-corrected chi connectivity index (χ3v) is 10.9. The first kappa shape index (κ1) is 36.3. The largest absolute Gasteiger partial charge is 0.481 e. The number of aromatic nitrogens is 2. The molecule has 0 saturated carbocycles. The van der Waals surface area contributed by atoms with Crippen LogP contribution in [-0.2, 0) is 46.4 Å². The number of aliphatic carboxylic acids is 2. The average Bonchev–Trinajstić information content (AvgIpc) is 3.71. The van der Waals surface area contributed by atoms with E-state index in [-0.39, 0.29) is 30.8 Å². The quantitative estimate of drug-likeness (QED) is 0.118. The maximum atomic E-state index is 11.7. The molecule has 0 spiro atoms. The van der Waals surface area contributed by atoms with E-state index >= 15 is 0 Å². The summed E-state index contributed by atoms with van der Waals surface area (Å²) in [4.78, 5) is 41.4. The van der Waals surface area contributed by atoms with E-state index < -0.39 is 11.9 Å². The second-order valence-electron chi connectivity index (χ2n) is 14.1. The van der Waals surface area contributed by atoms with E-state index in [9.17, 15) is 19.8 Å². The third-order valence-electron chi connectivity index (χ3n) is 10.9. The molecule has 9 heteroatoms. The minimum absolute atomic E-state index is 0.00950. The Morgan fingerprint density at radius 2 is 1.51 bits per heavy atom. The van der Waals surface area contributed by atoms with E-state index in [4.69, 9.17) is 14.7 Å². The monoisotopic (exact) mass is 670 g/mol. The zero-order valence-electron chi connectivity index (χ0n) is 30.2. The normalized spacial score (nSPS) is 19.7. The second kappa shape index (κ2) is 15.7. The Bertz CT molecular complexity index is 1730. The number of rotatable bonds is 14. The second-order valence-corrected chi connectivity index (χ2v) is 14.1. The number of H-pyrrole nitrogens is 2. The number of hydrogen-bond acceptors (Lipinski definition) is 5. The molecule has 8 bridgehead atoms. The number of fused-ring (bicyclic) bond motifs is 6. The molecule has 0 fully saturated rings. The van der Waals surface area contributed by atoms with Gasteiger partial charge in [-0.3, -0.25) is 19.6 Å². The van der Waals surface area contributed by atoms with E-state index in [2.05, 4.69) is 58.1 Å². The zero-order chi connectivity index (χ0) is 35.4. The van der Waals surface area contributed by atoms with Gasteiger partial charge in [0.1, 0.15) is 0 Å². The van der Waals surface area contributed by atoms with Crippen molar-refractivity contribution in [2.75, 3.05) is 6.61 Å². The number of nitrogens with zero attached hydrogens (tertiary/aromatic N) is 2. The Morgan fingerprint density at radius 3 is 2.20 bits per heavy atom. The van der Waals surface area contributed by atoms with Crippen molar-refractivity contribution < 1.29 is 24.5 Å². The number of aromatic amines is 2. The van der Waals surface area contributed by atoms with Gasteiger partial charge in [-0.15, -0.1) is 6.58 Å². The summed E-state index contributed by atoms with van der Waals surface area (Å²) in [5.74, 6) is -1.67. The van der Waals surface area contributed by atoms with E-state index in [1.165, 1.54) is 36.0 Å². The van der Waals surface area contributed by atoms with Crippen molar-refractivity contribution in [3.05, 3.63) is 80.2 Å². The van der Waals surface area contributed by atoms with E-state index in [1.807, 2.05) is 6.08 Å². The number of aliphatic imine (C=N–C) groups is 2. The van der Waals surface area contributed by atoms with Gasteiger partial charge in [0, 0.05) is 108 Å². The lowest BCUT2D eigenvalue weighted by Gasteiger charge is -2.16. The van der Waals surface area contributed by atoms with Crippen LogP contribution in [0, 0.1) is 25.7 Å². The SMILES string of the molecule is C=CC1C2=NC(=C1C)Cc1[nH]c(c(C)c1C(C)OCCCCCC)CC1=NC(=C(CCC(=O)O)C1C)Cc1[nH]c(c(C)c1CCC(=O)O)C2. The summed E-state index contributed by atoms with van der Waals surface area (Å²) in [6.45, 7) is 17.8. The van der Waals surface area contributed by atoms with Gasteiger partial charge in [0.05, 0.1) is 6.10 Å². The maximum absolute atomic E-state index is 11.7. The van der Waals surface area contributed by atoms with E-state index in [1.54, 1.807) is 0 Å². The van der Waals surface area contributed by atoms with Gasteiger partial charge in [0.25, 0.3) is 0 Å². The average molecular weight is 671 g/mol. The van der Waals surface area contributed by atoms with Crippen LogP contribution in [0.2, 0.25) is 0 Å². The Labute approximate surface area is 290 Å². The molecule has 9 nitrogen and oxygen atoms in total. The van der Waals surface area contributed by atoms with E-state index in [0.29, 0.717) is 38.5 Å². The van der Waals surface area contributed by atoms with Crippen LogP contribution in [0.5, 0.6) is 0 Å². The Hall–Kier alpha value is -3.98. The fourth-order valence-corrected chi connectivity index (χ4v) is 7.97. The number of hydrogen-bond donors (Lipinski definition) is 4. The summed E-state index contributed by atoms with van der Waals surface area (Å²) in [7, 11) is 0. The summed E-state index contributed by atoms with van der Waals surface area (Å²) < 4.78 is 6.46. The Kier molecular flexibility index (Phi) is 11.6. The van der Waals surface area contributed by atoms with Crippen LogP contribution >= 0.6 is 0 Å². The van der Waals surface area contributed by atoms with Crippen molar-refractivity contribution >= 4 is 23.4 Å². The molecule has 3 unspecified atom stereocenters. The molecule has 3 aliphatic heterocycles. The molecule has 0 radical (unpaired) electrons. The molecule has 0 amide bonds. The molecule has 0 aromatic carbocycles. The Morgan fingerprint density at radius 1 is 0.878 bits per heavy atom. The standard InChI is InChI=1S/C40H54N4O5/c1-8-10-11-12-17-49-26(7)40-25(6)33-18-30-23(4)28(13-15-38(45)46)35(42-30)21-36-29(14-16-39(47)48)24(5)31(43-36)19-34-27(9-2)22(3)32(41-34)20-37(40)44-33/h9,23,26-27,43-44H,2,8,10-21H2,1,3-7H3,(H,45,46)(H,47,48). The van der Waals surface area contributed by atoms with Crippen molar-refractivity contribution in [2.24, 2.45) is 21.8 Å². The minimum Gasteiger partial charge on any atom is -0.481 e. The van der Waals surface area contributed by atoms with Gasteiger partial charge >= 0.3 is 11.9 Å². The molecule has 264 valence electrons. The first-order valence-electron chi connectivity index (χ1n) is 18.1. The molecule has 5 heterocycles. The molecule has 2 aromatic rings. The van der Waals surface area contributed by atoms with Gasteiger partial charge < -0.3 is 24.9 Å². The molecule has 4 N–H and O–H groups in total. The topological polar surface area (TPSA) is 140 Å². The lowest BCUT2D eigenvalue weighted by Crippen LogP contribution is -2.14. The first-order valence-corrected chi connectivity index (χ1v) is 18.1. The number of unbranched alkanes of at least 4 members (excludes halogenated alkanes) is 3. The van der Waals surface area contributed by atoms with Crippen molar-refractivity contribution in [1.82, 2.24) is 9.97 Å². The number of carboxylic acid groups (broad SMARTS) is 2. The predicted octanol–water partition coefficient (Wildman–Crippen LogP) is 8.26. The summed E-state index contributed by atoms with van der Waals surface area (Å²) in [5, 5.41) is 19.2. The van der Waals surface area contributed by atoms with Gasteiger partial charge in [0.2, 0.25) is 0 Å². The van der Waals surface area contributed by atoms with Crippen molar-refractivity contribution in [1.29, 1.82) is 0 Å². The van der Waals surface area contributed by atoms with Crippen molar-refractivity contribution in [3.63, 3.8) is 0 Å². The van der Waals surface area contributed by atoms with Gasteiger partial charge in [0.15, 0.2) is 0 Å². The van der Waals surface area contributed by atoms with Crippen molar-refractivity contribution in [3.8, 4) is 0 Å². The molecular weight excluding hydrogens is 616 g/mol. The molecule has 3 atom stereocenters. The van der Waals surface area contributed by atoms with Crippen molar-refractivity contribution in [2.45, 2.75) is 125 Å². The Balaban J connectivity index is 1.61. The molecular formula is C40H54N4O5. The number of carbonyl (C=O) groups is 2. The molecule has 5 rings (SSSR count). The third kappa shape index (κ3) is 7.93. The highest BCUT2D eigenvalue weighted by molar-refractivity contribution is 5.96. The number of allylic oxidation sites excluding steroid dienone is 5. The van der Waals surface area contributed by atoms with Gasteiger partial charge in [-0.05, 0) is 74.8 Å². The zero-order valence-corrected chi connectivity index (χ0v) is 30.2. The fourth-order valence-electron chi connectivity index (χ4n) is 7.97. The van der Waals surface area contributed by atoms with Crippen LogP contribution in [0.25, 0.3) is 0 Å². The van der Waals surface area contributed by atoms with E-state index in [0.717, 1.165) is 75.3 Å².